The highest BCUT2D eigenvalue weighted by atomic mass is 16.5. The van der Waals surface area contributed by atoms with E-state index in [1.165, 1.54) is 35.1 Å². The second-order valence-electron chi connectivity index (χ2n) is 9.49. The third-order valence-electron chi connectivity index (χ3n) is 7.09. The van der Waals surface area contributed by atoms with Crippen molar-refractivity contribution in [2.75, 3.05) is 19.7 Å². The first kappa shape index (κ1) is 23.3. The van der Waals surface area contributed by atoms with Gasteiger partial charge in [-0.1, -0.05) is 61.4 Å². The van der Waals surface area contributed by atoms with E-state index in [2.05, 4.69) is 29.6 Å². The average molecular weight is 451 g/mol. The number of amides is 1. The molecular weight excluding hydrogens is 416 g/mol. The number of aliphatic carboxylic acids is 1. The van der Waals surface area contributed by atoms with Gasteiger partial charge in [0.2, 0.25) is 0 Å². The minimum atomic E-state index is -0.832. The van der Waals surface area contributed by atoms with E-state index in [0.717, 1.165) is 19.4 Å². The summed E-state index contributed by atoms with van der Waals surface area (Å²) in [5.41, 5.74) is 4.75. The fourth-order valence-corrected chi connectivity index (χ4v) is 5.31. The molecule has 0 heterocycles. The van der Waals surface area contributed by atoms with Crippen LogP contribution in [0.2, 0.25) is 0 Å². The van der Waals surface area contributed by atoms with Gasteiger partial charge in [-0.05, 0) is 54.9 Å². The lowest BCUT2D eigenvalue weighted by molar-refractivity contribution is -0.142. The lowest BCUT2D eigenvalue weighted by Crippen LogP contribution is -2.49. The van der Waals surface area contributed by atoms with E-state index < -0.39 is 18.1 Å². The molecule has 0 aromatic heterocycles. The first-order valence-corrected chi connectivity index (χ1v) is 12.0. The molecule has 6 heteroatoms. The van der Waals surface area contributed by atoms with Crippen LogP contribution in [0.1, 0.15) is 56.6 Å². The maximum atomic E-state index is 12.6. The summed E-state index contributed by atoms with van der Waals surface area (Å²) in [7, 11) is 0. The summed E-state index contributed by atoms with van der Waals surface area (Å²) in [6, 6.07) is 15.7. The molecule has 2 aromatic rings. The lowest BCUT2D eigenvalue weighted by atomic mass is 9.98. The Bertz CT molecular complexity index is 940. The normalized spacial score (nSPS) is 17.4. The van der Waals surface area contributed by atoms with Gasteiger partial charge in [0.25, 0.3) is 0 Å². The van der Waals surface area contributed by atoms with Gasteiger partial charge < -0.3 is 15.2 Å². The number of hydrogen-bond donors (Lipinski definition) is 2. The summed E-state index contributed by atoms with van der Waals surface area (Å²) in [4.78, 5) is 26.2. The highest BCUT2D eigenvalue weighted by Crippen LogP contribution is 2.44. The number of carbonyl (C=O) groups is 2. The Balaban J connectivity index is 1.34. The first-order chi connectivity index (χ1) is 15.9. The Morgan fingerprint density at radius 2 is 1.61 bits per heavy atom. The Kier molecular flexibility index (Phi) is 7.33. The number of carboxylic acids is 1. The Morgan fingerprint density at radius 1 is 1.03 bits per heavy atom. The maximum absolute atomic E-state index is 12.6. The van der Waals surface area contributed by atoms with Gasteiger partial charge in [-0.25, -0.2) is 4.79 Å². The molecule has 1 amide bonds. The van der Waals surface area contributed by atoms with Crippen LogP contribution in [0.25, 0.3) is 11.1 Å². The van der Waals surface area contributed by atoms with Crippen LogP contribution in [0.5, 0.6) is 0 Å². The fourth-order valence-electron chi connectivity index (χ4n) is 5.31. The number of hydrogen-bond acceptors (Lipinski definition) is 4. The smallest absolute Gasteiger partial charge is 0.407 e. The fraction of sp³-hybridized carbons (Fsp3) is 0.481. The van der Waals surface area contributed by atoms with Gasteiger partial charge in [0, 0.05) is 25.0 Å². The summed E-state index contributed by atoms with van der Waals surface area (Å²) in [6.45, 7) is 5.12. The van der Waals surface area contributed by atoms with Gasteiger partial charge in [-0.3, -0.25) is 9.69 Å². The molecule has 176 valence electrons. The number of carbonyl (C=O) groups excluding carboxylic acids is 1. The average Bonchev–Trinajstić information content (AvgIpc) is 3.42. The molecular formula is C27H34N2O4. The van der Waals surface area contributed by atoms with Crippen molar-refractivity contribution in [3.63, 3.8) is 0 Å². The molecule has 0 radical (unpaired) electrons. The molecule has 1 saturated carbocycles. The first-order valence-electron chi connectivity index (χ1n) is 12.0. The minimum Gasteiger partial charge on any atom is -0.480 e. The largest absolute Gasteiger partial charge is 0.480 e. The van der Waals surface area contributed by atoms with Gasteiger partial charge in [0.15, 0.2) is 0 Å². The number of ether oxygens (including phenoxy) is 1. The van der Waals surface area contributed by atoms with Crippen LogP contribution < -0.4 is 5.32 Å². The van der Waals surface area contributed by atoms with E-state index in [1.807, 2.05) is 36.1 Å². The van der Waals surface area contributed by atoms with E-state index >= 15 is 0 Å². The van der Waals surface area contributed by atoms with Crippen molar-refractivity contribution in [1.82, 2.24) is 10.2 Å². The summed E-state index contributed by atoms with van der Waals surface area (Å²) < 4.78 is 5.65. The number of rotatable bonds is 9. The molecule has 2 aliphatic rings. The SMILES string of the molecule is C[C@H](CN(CC1CCCC1)[C@@H](C)C(=O)O)NC(=O)OCC1c2ccccc2-c2ccccc21. The molecule has 4 rings (SSSR count). The van der Waals surface area contributed by atoms with Gasteiger partial charge in [0.1, 0.15) is 12.6 Å². The predicted octanol–water partition coefficient (Wildman–Crippen LogP) is 4.88. The maximum Gasteiger partial charge on any atom is 0.407 e. The minimum absolute atomic E-state index is 0.0179. The second-order valence-corrected chi connectivity index (χ2v) is 9.49. The van der Waals surface area contributed by atoms with Crippen molar-refractivity contribution in [3.05, 3.63) is 59.7 Å². The lowest BCUT2D eigenvalue weighted by Gasteiger charge is -2.31. The Morgan fingerprint density at radius 3 is 2.18 bits per heavy atom. The van der Waals surface area contributed by atoms with E-state index in [9.17, 15) is 14.7 Å². The summed E-state index contributed by atoms with van der Waals surface area (Å²) in [6.07, 6.45) is 4.27. The number of carboxylic acid groups (broad SMARTS) is 1. The van der Waals surface area contributed by atoms with Crippen molar-refractivity contribution in [3.8, 4) is 11.1 Å². The van der Waals surface area contributed by atoms with Gasteiger partial charge in [0.05, 0.1) is 0 Å². The van der Waals surface area contributed by atoms with E-state index in [1.54, 1.807) is 6.92 Å². The number of fused-ring (bicyclic) bond motifs is 3. The monoisotopic (exact) mass is 450 g/mol. The zero-order chi connectivity index (χ0) is 23.4. The van der Waals surface area contributed by atoms with Crippen LogP contribution in [-0.2, 0) is 9.53 Å². The van der Waals surface area contributed by atoms with Crippen molar-refractivity contribution >= 4 is 12.1 Å². The van der Waals surface area contributed by atoms with Crippen LogP contribution in [-0.4, -0.2) is 53.8 Å². The number of nitrogens with one attached hydrogen (secondary N) is 1. The van der Waals surface area contributed by atoms with E-state index in [0.29, 0.717) is 12.5 Å². The molecule has 0 saturated heterocycles. The quantitative estimate of drug-likeness (QED) is 0.569. The molecule has 0 unspecified atom stereocenters. The molecule has 2 aliphatic carbocycles. The van der Waals surface area contributed by atoms with Crippen LogP contribution in [0.4, 0.5) is 4.79 Å². The molecule has 1 fully saturated rings. The summed E-state index contributed by atoms with van der Waals surface area (Å²) in [5.74, 6) is -0.279. The summed E-state index contributed by atoms with van der Waals surface area (Å²) in [5, 5.41) is 12.4. The van der Waals surface area contributed by atoms with Gasteiger partial charge in [-0.2, -0.15) is 0 Å². The highest BCUT2D eigenvalue weighted by Gasteiger charge is 2.30. The van der Waals surface area contributed by atoms with Crippen molar-refractivity contribution in [2.24, 2.45) is 5.92 Å². The molecule has 2 aromatic carbocycles. The third kappa shape index (κ3) is 5.38. The predicted molar refractivity (Wildman–Crippen MR) is 128 cm³/mol. The van der Waals surface area contributed by atoms with Crippen molar-refractivity contribution in [1.29, 1.82) is 0 Å². The van der Waals surface area contributed by atoms with Crippen molar-refractivity contribution < 1.29 is 19.4 Å². The van der Waals surface area contributed by atoms with Crippen molar-refractivity contribution in [2.45, 2.75) is 57.5 Å². The topological polar surface area (TPSA) is 78.9 Å². The van der Waals surface area contributed by atoms with Gasteiger partial charge in [-0.15, -0.1) is 0 Å². The van der Waals surface area contributed by atoms with Gasteiger partial charge >= 0.3 is 12.1 Å². The molecule has 0 spiro atoms. The summed E-state index contributed by atoms with van der Waals surface area (Å²) >= 11 is 0. The van der Waals surface area contributed by atoms with Crippen LogP contribution in [0.3, 0.4) is 0 Å². The molecule has 6 nitrogen and oxygen atoms in total. The number of benzene rings is 2. The standard InChI is InChI=1S/C27H34N2O4/c1-18(15-29(19(2)26(30)31)16-20-9-3-4-10-20)28-27(32)33-17-25-23-13-7-5-11-21(23)22-12-6-8-14-24(22)25/h5-8,11-14,18-20,25H,3-4,9-10,15-17H2,1-2H3,(H,28,32)(H,30,31)/t18-,19+/m1/s1. The van der Waals surface area contributed by atoms with Crippen LogP contribution in [0.15, 0.2) is 48.5 Å². The van der Waals surface area contributed by atoms with Crippen LogP contribution in [0, 0.1) is 5.92 Å². The Hall–Kier alpha value is -2.86. The zero-order valence-corrected chi connectivity index (χ0v) is 19.5. The molecule has 2 atom stereocenters. The van der Waals surface area contributed by atoms with E-state index in [-0.39, 0.29) is 18.6 Å². The highest BCUT2D eigenvalue weighted by molar-refractivity contribution is 5.79. The molecule has 33 heavy (non-hydrogen) atoms. The number of alkyl carbamates (subject to hydrolysis) is 1. The molecule has 0 bridgehead atoms. The van der Waals surface area contributed by atoms with Crippen LogP contribution >= 0.6 is 0 Å². The Labute approximate surface area is 195 Å². The zero-order valence-electron chi connectivity index (χ0n) is 19.5. The molecule has 0 aliphatic heterocycles. The van der Waals surface area contributed by atoms with E-state index in [4.69, 9.17) is 4.74 Å². The third-order valence-corrected chi connectivity index (χ3v) is 7.09. The number of nitrogens with zero attached hydrogens (tertiary/aromatic N) is 1. The molecule has 2 N–H and O–H groups in total. The second kappa shape index (κ2) is 10.4.